The molecule has 0 saturated heterocycles. The Morgan fingerprint density at radius 3 is 2.21 bits per heavy atom. The van der Waals surface area contributed by atoms with Crippen LogP contribution in [0.4, 0.5) is 0 Å². The van der Waals surface area contributed by atoms with E-state index in [4.69, 9.17) is 9.47 Å². The van der Waals surface area contributed by atoms with Crippen molar-refractivity contribution >= 4 is 0 Å². The molecule has 86 valence electrons. The Morgan fingerprint density at radius 2 is 1.79 bits per heavy atom. The first kappa shape index (κ1) is 13.9. The molecule has 0 fully saturated rings. The molecule has 1 atom stereocenters. The van der Waals surface area contributed by atoms with Crippen molar-refractivity contribution in [2.24, 2.45) is 0 Å². The van der Waals surface area contributed by atoms with Crippen LogP contribution in [0.2, 0.25) is 0 Å². The fourth-order valence-corrected chi connectivity index (χ4v) is 1.46. The lowest BCUT2D eigenvalue weighted by molar-refractivity contribution is -0.0587. The summed E-state index contributed by atoms with van der Waals surface area (Å²) in [5, 5.41) is 3.39. The Hall–Kier alpha value is -0.120. The van der Waals surface area contributed by atoms with Gasteiger partial charge < -0.3 is 14.8 Å². The number of nitrogens with one attached hydrogen (secondary N) is 1. The van der Waals surface area contributed by atoms with Gasteiger partial charge in [0.2, 0.25) is 0 Å². The van der Waals surface area contributed by atoms with E-state index in [2.05, 4.69) is 26.1 Å². The molecule has 0 spiro atoms. The summed E-state index contributed by atoms with van der Waals surface area (Å²) >= 11 is 0. The highest BCUT2D eigenvalue weighted by atomic mass is 16.5. The van der Waals surface area contributed by atoms with Gasteiger partial charge in [0, 0.05) is 13.2 Å². The van der Waals surface area contributed by atoms with Crippen LogP contribution < -0.4 is 5.32 Å². The molecular weight excluding hydrogens is 178 g/mol. The Labute approximate surface area is 88.2 Å². The first-order valence-electron chi connectivity index (χ1n) is 5.53. The fourth-order valence-electron chi connectivity index (χ4n) is 1.46. The molecule has 0 radical (unpaired) electrons. The predicted octanol–water partition coefficient (Wildman–Crippen LogP) is 1.82. The molecule has 1 N–H and O–H groups in total. The quantitative estimate of drug-likeness (QED) is 0.652. The van der Waals surface area contributed by atoms with Gasteiger partial charge in [-0.15, -0.1) is 0 Å². The first-order chi connectivity index (χ1) is 6.58. The van der Waals surface area contributed by atoms with Gasteiger partial charge in [0.25, 0.3) is 0 Å². The van der Waals surface area contributed by atoms with Crippen LogP contribution in [-0.4, -0.2) is 38.0 Å². The molecule has 0 rings (SSSR count). The Balaban J connectivity index is 4.14. The van der Waals surface area contributed by atoms with E-state index in [9.17, 15) is 0 Å². The van der Waals surface area contributed by atoms with Gasteiger partial charge in [0.05, 0.1) is 18.2 Å². The van der Waals surface area contributed by atoms with E-state index < -0.39 is 0 Å². The third-order valence-electron chi connectivity index (χ3n) is 2.29. The van der Waals surface area contributed by atoms with Crippen molar-refractivity contribution in [2.45, 2.75) is 46.3 Å². The molecule has 0 aliphatic rings. The van der Waals surface area contributed by atoms with E-state index in [1.165, 1.54) is 0 Å². The third-order valence-corrected chi connectivity index (χ3v) is 2.29. The predicted molar refractivity (Wildman–Crippen MR) is 59.7 cm³/mol. The van der Waals surface area contributed by atoms with Gasteiger partial charge >= 0.3 is 0 Å². The molecule has 0 aromatic rings. The number of hydrogen-bond donors (Lipinski definition) is 1. The van der Waals surface area contributed by atoms with Crippen LogP contribution in [0.15, 0.2) is 0 Å². The van der Waals surface area contributed by atoms with Crippen LogP contribution in [0.25, 0.3) is 0 Å². The number of rotatable bonds is 8. The van der Waals surface area contributed by atoms with Crippen LogP contribution in [0.1, 0.15) is 34.6 Å². The van der Waals surface area contributed by atoms with Gasteiger partial charge in [-0.2, -0.15) is 0 Å². The molecule has 0 aliphatic carbocycles. The van der Waals surface area contributed by atoms with Crippen molar-refractivity contribution in [2.75, 3.05) is 26.4 Å². The minimum absolute atomic E-state index is 0.167. The molecular formula is C11H25NO2. The number of hydrogen-bond acceptors (Lipinski definition) is 3. The summed E-state index contributed by atoms with van der Waals surface area (Å²) in [7, 11) is 0. The van der Waals surface area contributed by atoms with Gasteiger partial charge in [-0.1, -0.05) is 6.92 Å². The van der Waals surface area contributed by atoms with E-state index in [1.54, 1.807) is 0 Å². The average Bonchev–Trinajstić information content (AvgIpc) is 2.11. The zero-order valence-corrected chi connectivity index (χ0v) is 10.2. The molecule has 0 amide bonds. The SMILES string of the molecule is CCNC(COCC)C(C)(C)OCC. The monoisotopic (exact) mass is 203 g/mol. The first-order valence-corrected chi connectivity index (χ1v) is 5.53. The van der Waals surface area contributed by atoms with Crippen LogP contribution in [0.5, 0.6) is 0 Å². The van der Waals surface area contributed by atoms with Gasteiger partial charge in [0.1, 0.15) is 0 Å². The maximum Gasteiger partial charge on any atom is 0.0801 e. The molecule has 1 unspecified atom stereocenters. The van der Waals surface area contributed by atoms with Gasteiger partial charge in [-0.05, 0) is 34.2 Å². The van der Waals surface area contributed by atoms with E-state index in [1.807, 2.05) is 13.8 Å². The summed E-state index contributed by atoms with van der Waals surface area (Å²) in [4.78, 5) is 0. The second-order valence-electron chi connectivity index (χ2n) is 3.81. The Kier molecular flexibility index (Phi) is 7.15. The fraction of sp³-hybridized carbons (Fsp3) is 1.00. The molecule has 14 heavy (non-hydrogen) atoms. The summed E-state index contributed by atoms with van der Waals surface area (Å²) in [6.07, 6.45) is 0. The third kappa shape index (κ3) is 4.94. The topological polar surface area (TPSA) is 30.5 Å². The van der Waals surface area contributed by atoms with Gasteiger partial charge in [0.15, 0.2) is 0 Å². The maximum atomic E-state index is 5.70. The van der Waals surface area contributed by atoms with E-state index in [-0.39, 0.29) is 11.6 Å². The molecule has 0 aromatic carbocycles. The van der Waals surface area contributed by atoms with Crippen molar-refractivity contribution in [3.63, 3.8) is 0 Å². The van der Waals surface area contributed by atoms with Crippen LogP contribution in [0, 0.1) is 0 Å². The summed E-state index contributed by atoms with van der Waals surface area (Å²) < 4.78 is 11.1. The summed E-state index contributed by atoms with van der Waals surface area (Å²) in [6, 6.07) is 0.257. The normalized spacial score (nSPS) is 14.4. The summed E-state index contributed by atoms with van der Waals surface area (Å²) in [5.41, 5.74) is -0.167. The highest BCUT2D eigenvalue weighted by Gasteiger charge is 2.29. The molecule has 0 heterocycles. The molecule has 3 heteroatoms. The lowest BCUT2D eigenvalue weighted by atomic mass is 9.99. The van der Waals surface area contributed by atoms with Crippen molar-refractivity contribution in [3.05, 3.63) is 0 Å². The largest absolute Gasteiger partial charge is 0.380 e. The Bertz CT molecular complexity index is 137. The number of likely N-dealkylation sites (N-methyl/N-ethyl adjacent to an activating group) is 1. The van der Waals surface area contributed by atoms with Crippen molar-refractivity contribution < 1.29 is 9.47 Å². The van der Waals surface area contributed by atoms with Crippen LogP contribution >= 0.6 is 0 Å². The smallest absolute Gasteiger partial charge is 0.0801 e. The van der Waals surface area contributed by atoms with E-state index in [0.29, 0.717) is 6.61 Å². The molecule has 0 aliphatic heterocycles. The number of ether oxygens (including phenoxy) is 2. The van der Waals surface area contributed by atoms with Gasteiger partial charge in [-0.25, -0.2) is 0 Å². The lowest BCUT2D eigenvalue weighted by Crippen LogP contribution is -2.51. The van der Waals surface area contributed by atoms with Crippen molar-refractivity contribution in [1.29, 1.82) is 0 Å². The zero-order chi connectivity index (χ0) is 11.0. The highest BCUT2D eigenvalue weighted by Crippen LogP contribution is 2.15. The second-order valence-corrected chi connectivity index (χ2v) is 3.81. The van der Waals surface area contributed by atoms with E-state index >= 15 is 0 Å². The second kappa shape index (κ2) is 7.21. The minimum atomic E-state index is -0.167. The van der Waals surface area contributed by atoms with Crippen molar-refractivity contribution in [1.82, 2.24) is 5.32 Å². The molecule has 0 bridgehead atoms. The average molecular weight is 203 g/mol. The molecule has 3 nitrogen and oxygen atoms in total. The minimum Gasteiger partial charge on any atom is -0.380 e. The summed E-state index contributed by atoms with van der Waals surface area (Å²) in [5.74, 6) is 0. The maximum absolute atomic E-state index is 5.70. The standard InChI is InChI=1S/C11H25NO2/c1-6-12-10(9-13-7-2)11(4,5)14-8-3/h10,12H,6-9H2,1-5H3. The van der Waals surface area contributed by atoms with E-state index in [0.717, 1.165) is 19.8 Å². The van der Waals surface area contributed by atoms with Crippen LogP contribution in [-0.2, 0) is 9.47 Å². The molecule has 0 saturated carbocycles. The zero-order valence-electron chi connectivity index (χ0n) is 10.2. The highest BCUT2D eigenvalue weighted by molar-refractivity contribution is 4.85. The molecule has 0 aromatic heterocycles. The summed E-state index contributed by atoms with van der Waals surface area (Å²) in [6.45, 7) is 13.5. The lowest BCUT2D eigenvalue weighted by Gasteiger charge is -2.34. The Morgan fingerprint density at radius 1 is 1.14 bits per heavy atom. The van der Waals surface area contributed by atoms with Crippen molar-refractivity contribution in [3.8, 4) is 0 Å². The van der Waals surface area contributed by atoms with Crippen LogP contribution in [0.3, 0.4) is 0 Å². The van der Waals surface area contributed by atoms with Gasteiger partial charge in [-0.3, -0.25) is 0 Å².